The molecule has 16 heavy (non-hydrogen) atoms. The van der Waals surface area contributed by atoms with Gasteiger partial charge in [-0.1, -0.05) is 23.2 Å². The second-order valence-corrected chi connectivity index (χ2v) is 5.02. The topological polar surface area (TPSA) is 47.3 Å². The molecule has 0 atom stereocenters. The minimum atomic E-state index is 0.0473. The molecule has 1 saturated heterocycles. The molecule has 2 rings (SSSR count). The highest BCUT2D eigenvalue weighted by molar-refractivity contribution is 6.35. The minimum absolute atomic E-state index is 0.0473. The van der Waals surface area contributed by atoms with E-state index in [9.17, 15) is 0 Å². The van der Waals surface area contributed by atoms with E-state index in [0.717, 1.165) is 12.2 Å². The van der Waals surface area contributed by atoms with Crippen molar-refractivity contribution in [2.45, 2.75) is 0 Å². The van der Waals surface area contributed by atoms with Crippen LogP contribution in [-0.4, -0.2) is 26.3 Å². The SMILES string of the molecule is NCC1(CNc2cc(Cl)ccc2Cl)COC1. The Morgan fingerprint density at radius 3 is 2.69 bits per heavy atom. The predicted octanol–water partition coefficient (Wildman–Crippen LogP) is 2.38. The van der Waals surface area contributed by atoms with Crippen LogP contribution in [0.3, 0.4) is 0 Å². The molecule has 5 heteroatoms. The zero-order chi connectivity index (χ0) is 11.6. The summed E-state index contributed by atoms with van der Waals surface area (Å²) in [6.45, 7) is 2.77. The van der Waals surface area contributed by atoms with E-state index in [4.69, 9.17) is 33.7 Å². The average Bonchev–Trinajstić information content (AvgIpc) is 2.22. The molecule has 0 aliphatic carbocycles. The van der Waals surface area contributed by atoms with Crippen LogP contribution in [0.4, 0.5) is 5.69 Å². The Morgan fingerprint density at radius 2 is 2.12 bits per heavy atom. The van der Waals surface area contributed by atoms with Crippen molar-refractivity contribution in [3.63, 3.8) is 0 Å². The number of nitrogens with one attached hydrogen (secondary N) is 1. The van der Waals surface area contributed by atoms with E-state index >= 15 is 0 Å². The standard InChI is InChI=1S/C11H14Cl2N2O/c12-8-1-2-9(13)10(3-8)15-5-11(4-14)6-16-7-11/h1-3,15H,4-7,14H2. The highest BCUT2D eigenvalue weighted by atomic mass is 35.5. The van der Waals surface area contributed by atoms with Gasteiger partial charge in [0.25, 0.3) is 0 Å². The molecule has 1 aromatic carbocycles. The third kappa shape index (κ3) is 2.43. The maximum atomic E-state index is 6.05. The van der Waals surface area contributed by atoms with Gasteiger partial charge in [-0.3, -0.25) is 0 Å². The molecule has 0 unspecified atom stereocenters. The van der Waals surface area contributed by atoms with E-state index in [-0.39, 0.29) is 5.41 Å². The zero-order valence-corrected chi connectivity index (χ0v) is 10.3. The largest absolute Gasteiger partial charge is 0.383 e. The molecule has 0 aromatic heterocycles. The number of halogens is 2. The Labute approximate surface area is 105 Å². The molecule has 0 spiro atoms. The third-order valence-corrected chi connectivity index (χ3v) is 3.40. The number of benzene rings is 1. The minimum Gasteiger partial charge on any atom is -0.383 e. The van der Waals surface area contributed by atoms with Gasteiger partial charge in [-0.25, -0.2) is 0 Å². The molecule has 3 nitrogen and oxygen atoms in total. The van der Waals surface area contributed by atoms with Gasteiger partial charge in [-0.15, -0.1) is 0 Å². The summed E-state index contributed by atoms with van der Waals surface area (Å²) in [6.07, 6.45) is 0. The zero-order valence-electron chi connectivity index (χ0n) is 8.80. The summed E-state index contributed by atoms with van der Waals surface area (Å²) >= 11 is 11.9. The van der Waals surface area contributed by atoms with Crippen LogP contribution in [0, 0.1) is 5.41 Å². The Kier molecular flexibility index (Phi) is 3.60. The van der Waals surface area contributed by atoms with Gasteiger partial charge in [0.1, 0.15) is 0 Å². The van der Waals surface area contributed by atoms with Gasteiger partial charge in [0.05, 0.1) is 23.9 Å². The maximum absolute atomic E-state index is 6.05. The number of ether oxygens (including phenoxy) is 1. The molecule has 1 aliphatic rings. The fraction of sp³-hybridized carbons (Fsp3) is 0.455. The van der Waals surface area contributed by atoms with E-state index < -0.39 is 0 Å². The first kappa shape index (κ1) is 12.0. The van der Waals surface area contributed by atoms with Gasteiger partial charge in [0.2, 0.25) is 0 Å². The van der Waals surface area contributed by atoms with Crippen molar-refractivity contribution >= 4 is 28.9 Å². The van der Waals surface area contributed by atoms with Crippen LogP contribution in [0.25, 0.3) is 0 Å². The fourth-order valence-corrected chi connectivity index (χ4v) is 1.95. The summed E-state index contributed by atoms with van der Waals surface area (Å²) < 4.78 is 5.19. The van der Waals surface area contributed by atoms with Gasteiger partial charge < -0.3 is 15.8 Å². The van der Waals surface area contributed by atoms with Crippen LogP contribution in [-0.2, 0) is 4.74 Å². The third-order valence-electron chi connectivity index (χ3n) is 2.83. The maximum Gasteiger partial charge on any atom is 0.0638 e. The molecular weight excluding hydrogens is 247 g/mol. The summed E-state index contributed by atoms with van der Waals surface area (Å²) in [7, 11) is 0. The quantitative estimate of drug-likeness (QED) is 0.874. The lowest BCUT2D eigenvalue weighted by atomic mass is 9.86. The highest BCUT2D eigenvalue weighted by Gasteiger charge is 2.37. The molecule has 88 valence electrons. The number of anilines is 1. The molecular formula is C11H14Cl2N2O. The predicted molar refractivity (Wildman–Crippen MR) is 67.3 cm³/mol. The van der Waals surface area contributed by atoms with Crippen molar-refractivity contribution in [1.29, 1.82) is 0 Å². The van der Waals surface area contributed by atoms with E-state index in [2.05, 4.69) is 5.32 Å². The number of rotatable bonds is 4. The second-order valence-electron chi connectivity index (χ2n) is 4.17. The summed E-state index contributed by atoms with van der Waals surface area (Å²) in [6, 6.07) is 5.35. The fourth-order valence-electron chi connectivity index (χ4n) is 1.60. The Balaban J connectivity index is 2.01. The van der Waals surface area contributed by atoms with E-state index in [1.807, 2.05) is 6.07 Å². The van der Waals surface area contributed by atoms with Crippen molar-refractivity contribution in [3.8, 4) is 0 Å². The number of nitrogens with two attached hydrogens (primary N) is 1. The van der Waals surface area contributed by atoms with E-state index in [0.29, 0.717) is 29.8 Å². The van der Waals surface area contributed by atoms with Gasteiger partial charge in [-0.05, 0) is 18.2 Å². The first-order chi connectivity index (χ1) is 7.65. The van der Waals surface area contributed by atoms with E-state index in [1.54, 1.807) is 12.1 Å². The van der Waals surface area contributed by atoms with Crippen LogP contribution in [0.15, 0.2) is 18.2 Å². The normalized spacial score (nSPS) is 17.9. The molecule has 0 bridgehead atoms. The summed E-state index contributed by atoms with van der Waals surface area (Å²) in [5.41, 5.74) is 6.61. The van der Waals surface area contributed by atoms with Crippen LogP contribution in [0.1, 0.15) is 0 Å². The Morgan fingerprint density at radius 1 is 1.38 bits per heavy atom. The molecule has 1 fully saturated rings. The Hall–Kier alpha value is -0.480. The lowest BCUT2D eigenvalue weighted by Gasteiger charge is -2.40. The summed E-state index contributed by atoms with van der Waals surface area (Å²) in [5, 5.41) is 4.60. The first-order valence-corrected chi connectivity index (χ1v) is 5.88. The van der Waals surface area contributed by atoms with Gasteiger partial charge in [0.15, 0.2) is 0 Å². The molecule has 3 N–H and O–H groups in total. The smallest absolute Gasteiger partial charge is 0.0638 e. The molecule has 1 aromatic rings. The highest BCUT2D eigenvalue weighted by Crippen LogP contribution is 2.30. The van der Waals surface area contributed by atoms with Crippen molar-refractivity contribution < 1.29 is 4.74 Å². The van der Waals surface area contributed by atoms with Crippen molar-refractivity contribution in [3.05, 3.63) is 28.2 Å². The van der Waals surface area contributed by atoms with E-state index in [1.165, 1.54) is 0 Å². The number of hydrogen-bond donors (Lipinski definition) is 2. The molecule has 0 saturated carbocycles. The summed E-state index contributed by atoms with van der Waals surface area (Å²) in [4.78, 5) is 0. The van der Waals surface area contributed by atoms with Crippen molar-refractivity contribution in [2.75, 3.05) is 31.6 Å². The van der Waals surface area contributed by atoms with Crippen LogP contribution in [0.5, 0.6) is 0 Å². The molecule has 1 heterocycles. The van der Waals surface area contributed by atoms with Crippen LogP contribution in [0.2, 0.25) is 10.0 Å². The molecule has 0 amide bonds. The van der Waals surface area contributed by atoms with Crippen molar-refractivity contribution in [1.82, 2.24) is 0 Å². The lowest BCUT2D eigenvalue weighted by molar-refractivity contribution is -0.0979. The number of hydrogen-bond acceptors (Lipinski definition) is 3. The van der Waals surface area contributed by atoms with Gasteiger partial charge in [0, 0.05) is 23.5 Å². The second kappa shape index (κ2) is 4.80. The van der Waals surface area contributed by atoms with Crippen molar-refractivity contribution in [2.24, 2.45) is 11.1 Å². The summed E-state index contributed by atoms with van der Waals surface area (Å²) in [5.74, 6) is 0. The van der Waals surface area contributed by atoms with Crippen LogP contribution < -0.4 is 11.1 Å². The lowest BCUT2D eigenvalue weighted by Crippen LogP contribution is -2.52. The van der Waals surface area contributed by atoms with Gasteiger partial charge >= 0.3 is 0 Å². The van der Waals surface area contributed by atoms with Gasteiger partial charge in [-0.2, -0.15) is 0 Å². The molecule has 1 aliphatic heterocycles. The Bertz CT molecular complexity index is 375. The van der Waals surface area contributed by atoms with Crippen LogP contribution >= 0.6 is 23.2 Å². The monoisotopic (exact) mass is 260 g/mol. The first-order valence-electron chi connectivity index (χ1n) is 5.12. The molecule has 0 radical (unpaired) electrons. The average molecular weight is 261 g/mol.